The average Bonchev–Trinajstić information content (AvgIpc) is 3.18. The summed E-state index contributed by atoms with van der Waals surface area (Å²) in [6, 6.07) is 0.611. The van der Waals surface area contributed by atoms with E-state index in [2.05, 4.69) is 28.0 Å². The normalized spacial score (nSPS) is 22.0. The summed E-state index contributed by atoms with van der Waals surface area (Å²) < 4.78 is 0. The number of aromatic nitrogens is 1. The van der Waals surface area contributed by atoms with Gasteiger partial charge in [0.25, 0.3) is 0 Å². The van der Waals surface area contributed by atoms with Gasteiger partial charge in [0.15, 0.2) is 0 Å². The predicted molar refractivity (Wildman–Crippen MR) is 91.3 cm³/mol. The number of thiazole rings is 1. The van der Waals surface area contributed by atoms with Crippen molar-refractivity contribution in [2.75, 3.05) is 33.3 Å². The maximum absolute atomic E-state index is 9.41. The summed E-state index contributed by atoms with van der Waals surface area (Å²) in [7, 11) is 2.20. The monoisotopic (exact) mass is 323 g/mol. The molecule has 0 atom stereocenters. The van der Waals surface area contributed by atoms with Crippen LogP contribution >= 0.6 is 11.3 Å². The van der Waals surface area contributed by atoms with E-state index in [1.54, 1.807) is 0 Å². The maximum atomic E-state index is 9.41. The summed E-state index contributed by atoms with van der Waals surface area (Å²) in [6.45, 7) is 4.33. The first-order valence-electron chi connectivity index (χ1n) is 8.74. The third-order valence-electron chi connectivity index (χ3n) is 5.23. The highest BCUT2D eigenvalue weighted by Crippen LogP contribution is 2.36. The highest BCUT2D eigenvalue weighted by molar-refractivity contribution is 7.11. The summed E-state index contributed by atoms with van der Waals surface area (Å²) in [5.41, 5.74) is 0. The second-order valence-corrected chi connectivity index (χ2v) is 8.02. The first-order chi connectivity index (χ1) is 10.8. The van der Waals surface area contributed by atoms with Crippen LogP contribution in [0.4, 0.5) is 0 Å². The van der Waals surface area contributed by atoms with Crippen LogP contribution in [0.1, 0.15) is 54.3 Å². The molecule has 2 fully saturated rings. The van der Waals surface area contributed by atoms with Crippen LogP contribution in [-0.4, -0.2) is 59.2 Å². The predicted octanol–water partition coefficient (Wildman–Crippen LogP) is 2.69. The number of piperidine rings is 1. The Kier molecular flexibility index (Phi) is 5.85. The van der Waals surface area contributed by atoms with Gasteiger partial charge < -0.3 is 10.0 Å². The zero-order chi connectivity index (χ0) is 15.4. The number of hydrogen-bond acceptors (Lipinski definition) is 5. The molecule has 0 radical (unpaired) electrons. The molecule has 0 amide bonds. The lowest BCUT2D eigenvalue weighted by atomic mass is 10.0. The van der Waals surface area contributed by atoms with Gasteiger partial charge in [0, 0.05) is 36.1 Å². The lowest BCUT2D eigenvalue weighted by molar-refractivity contribution is 0.0949. The van der Waals surface area contributed by atoms with Crippen LogP contribution in [0.3, 0.4) is 0 Å². The fourth-order valence-electron chi connectivity index (χ4n) is 3.84. The lowest BCUT2D eigenvalue weighted by Gasteiger charge is -2.36. The summed E-state index contributed by atoms with van der Waals surface area (Å²) >= 11 is 1.90. The minimum atomic E-state index is 0.251. The van der Waals surface area contributed by atoms with E-state index in [1.807, 2.05) is 11.3 Å². The largest absolute Gasteiger partial charge is 0.395 e. The zero-order valence-electron chi connectivity index (χ0n) is 13.7. The fourth-order valence-corrected chi connectivity index (χ4v) is 4.95. The average molecular weight is 324 g/mol. The quantitative estimate of drug-likeness (QED) is 0.874. The Morgan fingerprint density at radius 2 is 2.00 bits per heavy atom. The van der Waals surface area contributed by atoms with Gasteiger partial charge in [-0.25, -0.2) is 4.98 Å². The molecule has 2 aliphatic rings. The van der Waals surface area contributed by atoms with Crippen LogP contribution in [0.25, 0.3) is 0 Å². The Labute approximate surface area is 138 Å². The Hall–Kier alpha value is -0.490. The number of nitrogens with zero attached hydrogens (tertiary/aromatic N) is 3. The van der Waals surface area contributed by atoms with Crippen molar-refractivity contribution in [2.24, 2.45) is 0 Å². The van der Waals surface area contributed by atoms with Crippen LogP contribution in [0, 0.1) is 0 Å². The zero-order valence-corrected chi connectivity index (χ0v) is 14.5. The van der Waals surface area contributed by atoms with Gasteiger partial charge in [-0.05, 0) is 45.8 Å². The van der Waals surface area contributed by atoms with Crippen LogP contribution in [0.2, 0.25) is 0 Å². The second-order valence-electron chi connectivity index (χ2n) is 6.87. The maximum Gasteiger partial charge on any atom is 0.0959 e. The van der Waals surface area contributed by atoms with Crippen molar-refractivity contribution in [3.05, 3.63) is 16.1 Å². The second kappa shape index (κ2) is 7.86. The molecule has 22 heavy (non-hydrogen) atoms. The van der Waals surface area contributed by atoms with Gasteiger partial charge in [-0.1, -0.05) is 12.8 Å². The molecule has 1 aliphatic heterocycles. The molecule has 1 aliphatic carbocycles. The molecule has 1 saturated heterocycles. The highest BCUT2D eigenvalue weighted by Gasteiger charge is 2.24. The Morgan fingerprint density at radius 1 is 1.27 bits per heavy atom. The van der Waals surface area contributed by atoms with Crippen molar-refractivity contribution in [1.29, 1.82) is 0 Å². The molecule has 0 aromatic carbocycles. The Balaban J connectivity index is 1.60. The molecule has 0 unspecified atom stereocenters. The first kappa shape index (κ1) is 16.4. The highest BCUT2D eigenvalue weighted by atomic mass is 32.1. The summed E-state index contributed by atoms with van der Waals surface area (Å²) in [4.78, 5) is 10.9. The van der Waals surface area contributed by atoms with Crippen molar-refractivity contribution in [2.45, 2.75) is 57.0 Å². The molecular weight excluding hydrogens is 294 g/mol. The van der Waals surface area contributed by atoms with E-state index in [0.29, 0.717) is 12.0 Å². The molecule has 1 saturated carbocycles. The number of likely N-dealkylation sites (tertiary alicyclic amines) is 1. The number of aliphatic hydroxyl groups is 1. The van der Waals surface area contributed by atoms with Gasteiger partial charge >= 0.3 is 0 Å². The Morgan fingerprint density at radius 3 is 2.68 bits per heavy atom. The third kappa shape index (κ3) is 4.07. The summed E-state index contributed by atoms with van der Waals surface area (Å²) in [5, 5.41) is 10.8. The molecule has 1 N–H and O–H groups in total. The topological polar surface area (TPSA) is 39.6 Å². The van der Waals surface area contributed by atoms with E-state index in [4.69, 9.17) is 0 Å². The van der Waals surface area contributed by atoms with Gasteiger partial charge in [-0.3, -0.25) is 4.90 Å². The summed E-state index contributed by atoms with van der Waals surface area (Å²) in [5.74, 6) is 0.716. The molecule has 3 rings (SSSR count). The molecule has 0 spiro atoms. The van der Waals surface area contributed by atoms with Crippen LogP contribution in [0.15, 0.2) is 6.20 Å². The van der Waals surface area contributed by atoms with Crippen LogP contribution in [-0.2, 0) is 6.54 Å². The van der Waals surface area contributed by atoms with Crippen LogP contribution in [0.5, 0.6) is 0 Å². The van der Waals surface area contributed by atoms with E-state index in [9.17, 15) is 5.11 Å². The van der Waals surface area contributed by atoms with Crippen molar-refractivity contribution in [1.82, 2.24) is 14.8 Å². The lowest BCUT2D eigenvalue weighted by Crippen LogP contribution is -2.44. The molecular formula is C17H29N3OS. The smallest absolute Gasteiger partial charge is 0.0959 e. The van der Waals surface area contributed by atoms with Crippen molar-refractivity contribution < 1.29 is 5.11 Å². The molecule has 124 valence electrons. The molecule has 5 heteroatoms. The Bertz CT molecular complexity index is 451. The van der Waals surface area contributed by atoms with Crippen molar-refractivity contribution >= 4 is 11.3 Å². The molecule has 4 nitrogen and oxygen atoms in total. The summed E-state index contributed by atoms with van der Waals surface area (Å²) in [6.07, 6.45) is 9.88. The first-order valence-corrected chi connectivity index (χ1v) is 9.56. The van der Waals surface area contributed by atoms with E-state index >= 15 is 0 Å². The van der Waals surface area contributed by atoms with Crippen molar-refractivity contribution in [3.63, 3.8) is 0 Å². The number of aliphatic hydroxyl groups excluding tert-OH is 1. The SMILES string of the molecule is CN1CCC(N(CCO)Cc2cnc(C3CCCC3)s2)CC1. The van der Waals surface area contributed by atoms with Gasteiger partial charge in [0.05, 0.1) is 11.6 Å². The molecule has 2 heterocycles. The van der Waals surface area contributed by atoms with Gasteiger partial charge in [-0.15, -0.1) is 11.3 Å². The van der Waals surface area contributed by atoms with E-state index < -0.39 is 0 Å². The van der Waals surface area contributed by atoms with E-state index in [-0.39, 0.29) is 6.61 Å². The van der Waals surface area contributed by atoms with Gasteiger partial charge in [-0.2, -0.15) is 0 Å². The number of hydrogen-bond donors (Lipinski definition) is 1. The van der Waals surface area contributed by atoms with E-state index in [1.165, 1.54) is 61.5 Å². The van der Waals surface area contributed by atoms with Crippen molar-refractivity contribution in [3.8, 4) is 0 Å². The van der Waals surface area contributed by atoms with Gasteiger partial charge in [0.2, 0.25) is 0 Å². The standard InChI is InChI=1S/C17H29N3OS/c1-19-8-6-15(7-9-19)20(10-11-21)13-16-12-18-17(22-16)14-4-2-3-5-14/h12,14-15,21H,2-11,13H2,1H3. The molecule has 1 aromatic rings. The van der Waals surface area contributed by atoms with E-state index in [0.717, 1.165) is 13.1 Å². The third-order valence-corrected chi connectivity index (χ3v) is 6.37. The fraction of sp³-hybridized carbons (Fsp3) is 0.824. The minimum Gasteiger partial charge on any atom is -0.395 e. The van der Waals surface area contributed by atoms with Crippen LogP contribution < -0.4 is 0 Å². The molecule has 1 aromatic heterocycles. The molecule has 0 bridgehead atoms. The van der Waals surface area contributed by atoms with Gasteiger partial charge in [0.1, 0.15) is 0 Å². The number of rotatable bonds is 6. The minimum absolute atomic E-state index is 0.251.